The molecule has 1 heterocycles. The summed E-state index contributed by atoms with van der Waals surface area (Å²) in [5.74, 6) is 0.501. The molecule has 0 spiro atoms. The Hall–Kier alpha value is -2.21. The van der Waals surface area contributed by atoms with Gasteiger partial charge in [0, 0.05) is 18.6 Å². The van der Waals surface area contributed by atoms with Gasteiger partial charge < -0.3 is 9.63 Å². The van der Waals surface area contributed by atoms with Gasteiger partial charge in [-0.3, -0.25) is 10.1 Å². The predicted molar refractivity (Wildman–Crippen MR) is 59.4 cm³/mol. The van der Waals surface area contributed by atoms with Crippen LogP contribution in [-0.2, 0) is 6.42 Å². The first kappa shape index (κ1) is 11.3. The zero-order valence-electron chi connectivity index (χ0n) is 8.87. The van der Waals surface area contributed by atoms with Crippen molar-refractivity contribution in [3.63, 3.8) is 0 Å². The molecule has 0 saturated heterocycles. The van der Waals surface area contributed by atoms with E-state index in [1.807, 2.05) is 0 Å². The molecule has 0 aliphatic rings. The van der Waals surface area contributed by atoms with Gasteiger partial charge in [0.1, 0.15) is 11.5 Å². The number of aromatic nitrogens is 1. The smallest absolute Gasteiger partial charge is 0.278 e. The first-order valence-corrected chi connectivity index (χ1v) is 5.02. The summed E-state index contributed by atoms with van der Waals surface area (Å²) in [6, 6.07) is 7.91. The molecule has 0 radical (unpaired) electrons. The molecular weight excluding hydrogens is 224 g/mol. The van der Waals surface area contributed by atoms with Gasteiger partial charge in [-0.1, -0.05) is 17.3 Å². The topological polar surface area (TPSA) is 89.4 Å². The zero-order valence-corrected chi connectivity index (χ0v) is 8.87. The Kier molecular flexibility index (Phi) is 3.15. The number of rotatable bonds is 4. The minimum absolute atomic E-state index is 0.0173. The third kappa shape index (κ3) is 2.31. The zero-order chi connectivity index (χ0) is 12.3. The number of hydrogen-bond donors (Lipinski definition) is 1. The van der Waals surface area contributed by atoms with E-state index in [0.717, 1.165) is 0 Å². The molecule has 0 unspecified atom stereocenters. The first-order valence-electron chi connectivity index (χ1n) is 5.02. The van der Waals surface area contributed by atoms with Gasteiger partial charge in [0.05, 0.1) is 17.1 Å². The van der Waals surface area contributed by atoms with Crippen LogP contribution in [0, 0.1) is 10.1 Å². The Labute approximate surface area is 96.6 Å². The fraction of sp³-hybridized carbons (Fsp3) is 0.182. The van der Waals surface area contributed by atoms with E-state index in [2.05, 4.69) is 5.16 Å². The van der Waals surface area contributed by atoms with Gasteiger partial charge in [0.25, 0.3) is 5.69 Å². The van der Waals surface area contributed by atoms with Crippen molar-refractivity contribution in [1.29, 1.82) is 0 Å². The molecule has 1 aromatic heterocycles. The maximum Gasteiger partial charge on any atom is 0.278 e. The Morgan fingerprint density at radius 1 is 1.41 bits per heavy atom. The Morgan fingerprint density at radius 3 is 2.88 bits per heavy atom. The van der Waals surface area contributed by atoms with E-state index in [-0.39, 0.29) is 12.3 Å². The average molecular weight is 234 g/mol. The highest BCUT2D eigenvalue weighted by molar-refractivity contribution is 5.70. The van der Waals surface area contributed by atoms with Gasteiger partial charge in [0.15, 0.2) is 0 Å². The molecule has 6 heteroatoms. The van der Waals surface area contributed by atoms with E-state index in [9.17, 15) is 10.1 Å². The third-order valence-corrected chi connectivity index (χ3v) is 2.29. The molecule has 2 aromatic rings. The molecule has 88 valence electrons. The largest absolute Gasteiger partial charge is 0.396 e. The van der Waals surface area contributed by atoms with Crippen molar-refractivity contribution in [2.45, 2.75) is 6.42 Å². The molecular formula is C11H10N2O4. The summed E-state index contributed by atoms with van der Waals surface area (Å²) in [6.07, 6.45) is 0.341. The number of hydrogen-bond acceptors (Lipinski definition) is 5. The summed E-state index contributed by atoms with van der Waals surface area (Å²) < 4.78 is 4.96. The van der Waals surface area contributed by atoms with Crippen molar-refractivity contribution in [3.05, 3.63) is 46.2 Å². The second-order valence-electron chi connectivity index (χ2n) is 3.43. The second-order valence-corrected chi connectivity index (χ2v) is 3.43. The highest BCUT2D eigenvalue weighted by atomic mass is 16.6. The van der Waals surface area contributed by atoms with Crippen LogP contribution < -0.4 is 0 Å². The maximum atomic E-state index is 10.8. The highest BCUT2D eigenvalue weighted by Gasteiger charge is 2.17. The number of aliphatic hydroxyl groups is 1. The van der Waals surface area contributed by atoms with Crippen molar-refractivity contribution >= 4 is 5.69 Å². The van der Waals surface area contributed by atoms with Crippen LogP contribution in [0.1, 0.15) is 5.76 Å². The van der Waals surface area contributed by atoms with E-state index in [4.69, 9.17) is 9.63 Å². The molecule has 6 nitrogen and oxygen atoms in total. The summed E-state index contributed by atoms with van der Waals surface area (Å²) in [7, 11) is 0. The van der Waals surface area contributed by atoms with E-state index in [0.29, 0.717) is 23.4 Å². The Bertz CT molecular complexity index is 536. The Morgan fingerprint density at radius 2 is 2.18 bits per heavy atom. The lowest BCUT2D eigenvalue weighted by Gasteiger charge is -1.96. The highest BCUT2D eigenvalue weighted by Crippen LogP contribution is 2.28. The Balaban J connectivity index is 2.41. The summed E-state index contributed by atoms with van der Waals surface area (Å²) in [4.78, 5) is 10.4. The SMILES string of the molecule is O=[N+]([O-])c1ccccc1-c1cc(CCO)on1. The van der Waals surface area contributed by atoms with Crippen LogP contribution in [0.2, 0.25) is 0 Å². The molecule has 0 atom stereocenters. The number of nitro benzene ring substituents is 1. The molecule has 0 saturated carbocycles. The van der Waals surface area contributed by atoms with Crippen molar-refractivity contribution in [2.75, 3.05) is 6.61 Å². The number of nitro groups is 1. The van der Waals surface area contributed by atoms with Gasteiger partial charge in [-0.2, -0.15) is 0 Å². The van der Waals surface area contributed by atoms with Crippen molar-refractivity contribution < 1.29 is 14.6 Å². The fourth-order valence-electron chi connectivity index (χ4n) is 1.52. The molecule has 0 aliphatic carbocycles. The van der Waals surface area contributed by atoms with Crippen LogP contribution in [0.3, 0.4) is 0 Å². The summed E-state index contributed by atoms with van der Waals surface area (Å²) >= 11 is 0. The molecule has 0 aliphatic heterocycles. The summed E-state index contributed by atoms with van der Waals surface area (Å²) in [5, 5.41) is 23.3. The summed E-state index contributed by atoms with van der Waals surface area (Å²) in [5.41, 5.74) is 0.794. The molecule has 1 N–H and O–H groups in total. The lowest BCUT2D eigenvalue weighted by molar-refractivity contribution is -0.384. The third-order valence-electron chi connectivity index (χ3n) is 2.29. The minimum Gasteiger partial charge on any atom is -0.396 e. The van der Waals surface area contributed by atoms with Gasteiger partial charge in [-0.05, 0) is 6.07 Å². The van der Waals surface area contributed by atoms with E-state index < -0.39 is 4.92 Å². The van der Waals surface area contributed by atoms with Gasteiger partial charge in [0.2, 0.25) is 0 Å². The first-order chi connectivity index (χ1) is 8.22. The fourth-order valence-corrected chi connectivity index (χ4v) is 1.52. The van der Waals surface area contributed by atoms with E-state index in [1.54, 1.807) is 24.3 Å². The van der Waals surface area contributed by atoms with Gasteiger partial charge >= 0.3 is 0 Å². The lowest BCUT2D eigenvalue weighted by Crippen LogP contribution is -1.91. The quantitative estimate of drug-likeness (QED) is 0.643. The van der Waals surface area contributed by atoms with Crippen LogP contribution in [0.4, 0.5) is 5.69 Å². The van der Waals surface area contributed by atoms with E-state index in [1.165, 1.54) is 6.07 Å². The molecule has 0 amide bonds. The van der Waals surface area contributed by atoms with Gasteiger partial charge in [-0.25, -0.2) is 0 Å². The lowest BCUT2D eigenvalue weighted by atomic mass is 10.1. The normalized spacial score (nSPS) is 10.4. The molecule has 1 aromatic carbocycles. The second kappa shape index (κ2) is 4.75. The maximum absolute atomic E-state index is 10.8. The average Bonchev–Trinajstić information content (AvgIpc) is 2.78. The van der Waals surface area contributed by atoms with Crippen LogP contribution in [0.25, 0.3) is 11.3 Å². The van der Waals surface area contributed by atoms with Crippen LogP contribution in [0.5, 0.6) is 0 Å². The van der Waals surface area contributed by atoms with Crippen molar-refractivity contribution in [2.24, 2.45) is 0 Å². The minimum atomic E-state index is -0.463. The van der Waals surface area contributed by atoms with Crippen molar-refractivity contribution in [3.8, 4) is 11.3 Å². The summed E-state index contributed by atoms with van der Waals surface area (Å²) in [6.45, 7) is -0.0501. The predicted octanol–water partition coefficient (Wildman–Crippen LogP) is 1.78. The molecule has 2 rings (SSSR count). The van der Waals surface area contributed by atoms with E-state index >= 15 is 0 Å². The molecule has 0 fully saturated rings. The van der Waals surface area contributed by atoms with Crippen LogP contribution in [0.15, 0.2) is 34.9 Å². The number of para-hydroxylation sites is 1. The molecule has 17 heavy (non-hydrogen) atoms. The molecule has 0 bridgehead atoms. The number of benzene rings is 1. The monoisotopic (exact) mass is 234 g/mol. The van der Waals surface area contributed by atoms with Crippen molar-refractivity contribution in [1.82, 2.24) is 5.16 Å². The number of nitrogens with zero attached hydrogens (tertiary/aromatic N) is 2. The van der Waals surface area contributed by atoms with Crippen LogP contribution >= 0.6 is 0 Å². The van der Waals surface area contributed by atoms with Crippen LogP contribution in [-0.4, -0.2) is 21.8 Å². The number of aliphatic hydroxyl groups excluding tert-OH is 1. The standard InChI is InChI=1S/C11H10N2O4/c14-6-5-8-7-10(12-17-8)9-3-1-2-4-11(9)13(15)16/h1-4,7,14H,5-6H2. The van der Waals surface area contributed by atoms with Gasteiger partial charge in [-0.15, -0.1) is 0 Å².